The second kappa shape index (κ2) is 9.71. The Labute approximate surface area is 201 Å². The lowest BCUT2D eigenvalue weighted by Gasteiger charge is -2.29. The minimum atomic E-state index is -0.665. The summed E-state index contributed by atoms with van der Waals surface area (Å²) >= 11 is 0. The summed E-state index contributed by atoms with van der Waals surface area (Å²) in [5, 5.41) is 4.94. The first-order valence-electron chi connectivity index (χ1n) is 11.5. The summed E-state index contributed by atoms with van der Waals surface area (Å²) < 4.78 is 10.7. The van der Waals surface area contributed by atoms with Crippen LogP contribution >= 0.6 is 0 Å². The van der Waals surface area contributed by atoms with E-state index in [0.29, 0.717) is 43.0 Å². The van der Waals surface area contributed by atoms with Gasteiger partial charge in [0.25, 0.3) is 5.91 Å². The van der Waals surface area contributed by atoms with Crippen molar-refractivity contribution in [1.82, 2.24) is 15.2 Å². The molecule has 1 aromatic heterocycles. The quantitative estimate of drug-likeness (QED) is 0.616. The van der Waals surface area contributed by atoms with Gasteiger partial charge in [0.1, 0.15) is 18.5 Å². The third kappa shape index (κ3) is 4.94. The number of hydrogen-bond acceptors (Lipinski definition) is 8. The molecule has 3 aliphatic heterocycles. The van der Waals surface area contributed by atoms with Crippen molar-refractivity contribution in [2.45, 2.75) is 32.0 Å². The fraction of sp³-hybridized carbons (Fsp3) is 0.375. The molecular weight excluding hydrogens is 454 g/mol. The molecule has 182 valence electrons. The van der Waals surface area contributed by atoms with Gasteiger partial charge in [0.15, 0.2) is 0 Å². The van der Waals surface area contributed by atoms with Crippen molar-refractivity contribution < 1.29 is 28.7 Å². The van der Waals surface area contributed by atoms with E-state index in [1.165, 1.54) is 4.90 Å². The monoisotopic (exact) mass is 479 g/mol. The van der Waals surface area contributed by atoms with Crippen LogP contribution in [0, 0.1) is 0 Å². The first-order valence-corrected chi connectivity index (χ1v) is 11.5. The molecule has 35 heavy (non-hydrogen) atoms. The van der Waals surface area contributed by atoms with E-state index < -0.39 is 18.0 Å². The predicted molar refractivity (Wildman–Crippen MR) is 124 cm³/mol. The summed E-state index contributed by atoms with van der Waals surface area (Å²) in [7, 11) is 0. The van der Waals surface area contributed by atoms with E-state index in [9.17, 15) is 19.2 Å². The van der Waals surface area contributed by atoms with Gasteiger partial charge in [0, 0.05) is 31.6 Å². The third-order valence-corrected chi connectivity index (χ3v) is 6.29. The Bertz CT molecular complexity index is 1160. The van der Waals surface area contributed by atoms with E-state index >= 15 is 0 Å². The van der Waals surface area contributed by atoms with E-state index in [1.807, 2.05) is 6.07 Å². The highest BCUT2D eigenvalue weighted by Gasteiger charge is 2.39. The summed E-state index contributed by atoms with van der Waals surface area (Å²) in [6.45, 7) is 3.15. The van der Waals surface area contributed by atoms with Crippen LogP contribution in [-0.4, -0.2) is 66.0 Å². The molecule has 11 nitrogen and oxygen atoms in total. The summed E-state index contributed by atoms with van der Waals surface area (Å²) in [4.78, 5) is 56.8. The molecule has 0 bridgehead atoms. The maximum absolute atomic E-state index is 12.9. The van der Waals surface area contributed by atoms with Crippen LogP contribution in [0.3, 0.4) is 0 Å². The number of imide groups is 1. The molecule has 5 rings (SSSR count). The summed E-state index contributed by atoms with van der Waals surface area (Å²) in [5.41, 5.74) is 2.42. The minimum Gasteiger partial charge on any atom is -0.444 e. The van der Waals surface area contributed by atoms with Crippen molar-refractivity contribution in [1.29, 1.82) is 0 Å². The molecule has 4 heterocycles. The Balaban J connectivity index is 1.15. The Morgan fingerprint density at radius 3 is 2.74 bits per heavy atom. The average molecular weight is 479 g/mol. The molecule has 0 saturated carbocycles. The van der Waals surface area contributed by atoms with Crippen molar-refractivity contribution in [3.05, 3.63) is 53.2 Å². The Hall–Kier alpha value is -3.99. The van der Waals surface area contributed by atoms with Gasteiger partial charge >= 0.3 is 6.09 Å². The molecule has 0 radical (unpaired) electrons. The van der Waals surface area contributed by atoms with E-state index in [0.717, 1.165) is 24.5 Å². The van der Waals surface area contributed by atoms with Gasteiger partial charge in [0.2, 0.25) is 11.8 Å². The van der Waals surface area contributed by atoms with Crippen LogP contribution in [0.1, 0.15) is 34.3 Å². The van der Waals surface area contributed by atoms with E-state index in [2.05, 4.69) is 20.5 Å². The second-order valence-electron chi connectivity index (χ2n) is 8.60. The number of carbonyl (C=O) groups is 4. The molecule has 11 heteroatoms. The van der Waals surface area contributed by atoms with Crippen LogP contribution < -0.4 is 15.5 Å². The largest absolute Gasteiger partial charge is 0.444 e. The van der Waals surface area contributed by atoms with Crippen LogP contribution in [0.5, 0.6) is 0 Å². The zero-order valence-corrected chi connectivity index (χ0v) is 19.0. The number of morpholine rings is 1. The van der Waals surface area contributed by atoms with Gasteiger partial charge in [-0.05, 0) is 35.7 Å². The van der Waals surface area contributed by atoms with Crippen LogP contribution in [0.15, 0.2) is 36.5 Å². The molecule has 1 atom stereocenters. The Kier molecular flexibility index (Phi) is 6.32. The second-order valence-corrected chi connectivity index (χ2v) is 8.60. The normalized spacial score (nSPS) is 19.9. The van der Waals surface area contributed by atoms with Crippen molar-refractivity contribution >= 4 is 35.3 Å². The maximum Gasteiger partial charge on any atom is 0.412 e. The number of carbonyl (C=O) groups excluding carboxylic acids is 4. The molecule has 1 unspecified atom stereocenters. The molecular formula is C24H25N5O6. The third-order valence-electron chi connectivity index (χ3n) is 6.29. The fourth-order valence-corrected chi connectivity index (χ4v) is 4.43. The summed E-state index contributed by atoms with van der Waals surface area (Å²) in [5.74, 6) is -0.222. The van der Waals surface area contributed by atoms with Gasteiger partial charge in [0.05, 0.1) is 25.1 Å². The predicted octanol–water partition coefficient (Wildman–Crippen LogP) is 1.43. The van der Waals surface area contributed by atoms with Gasteiger partial charge in [-0.25, -0.2) is 9.78 Å². The summed E-state index contributed by atoms with van der Waals surface area (Å²) in [6, 6.07) is 8.19. The molecule has 3 aliphatic rings. The number of ether oxygens (including phenoxy) is 2. The zero-order valence-electron chi connectivity index (χ0n) is 19.0. The highest BCUT2D eigenvalue weighted by molar-refractivity contribution is 6.05. The van der Waals surface area contributed by atoms with Gasteiger partial charge in [-0.2, -0.15) is 0 Å². The standard InChI is InChI=1S/C24H25N5O6/c30-21-6-4-19(22(31)27-21)29-13-16-2-1-15(11-18(16)23(29)32)14-35-24(33)26-17-3-5-20(25-12-17)28-7-9-34-10-8-28/h1-3,5,11-12,19H,4,6-10,13-14H2,(H,26,33)(H,27,30,31). The number of hydrogen-bond donors (Lipinski definition) is 2. The maximum atomic E-state index is 12.9. The lowest BCUT2D eigenvalue weighted by atomic mass is 10.0. The number of pyridine rings is 1. The SMILES string of the molecule is O=C1CCC(N2Cc3ccc(COC(=O)Nc4ccc(N5CCOCC5)nc4)cc3C2=O)C(=O)N1. The molecule has 4 amide bonds. The number of nitrogens with one attached hydrogen (secondary N) is 2. The van der Waals surface area contributed by atoms with Gasteiger partial charge in [-0.1, -0.05) is 12.1 Å². The average Bonchev–Trinajstić information content (AvgIpc) is 3.19. The van der Waals surface area contributed by atoms with Crippen LogP contribution in [0.2, 0.25) is 0 Å². The molecule has 2 N–H and O–H groups in total. The number of amides is 4. The van der Waals surface area contributed by atoms with E-state index in [-0.39, 0.29) is 24.8 Å². The smallest absolute Gasteiger partial charge is 0.412 e. The number of fused-ring (bicyclic) bond motifs is 1. The summed E-state index contributed by atoms with van der Waals surface area (Å²) in [6.07, 6.45) is 1.45. The lowest BCUT2D eigenvalue weighted by Crippen LogP contribution is -2.52. The van der Waals surface area contributed by atoms with Crippen LogP contribution in [-0.2, 0) is 32.2 Å². The minimum absolute atomic E-state index is 0.0237. The Morgan fingerprint density at radius 1 is 1.17 bits per heavy atom. The number of aromatic nitrogens is 1. The number of piperidine rings is 1. The van der Waals surface area contributed by atoms with Crippen LogP contribution in [0.25, 0.3) is 0 Å². The van der Waals surface area contributed by atoms with Crippen LogP contribution in [0.4, 0.5) is 16.3 Å². The zero-order chi connectivity index (χ0) is 24.4. The van der Waals surface area contributed by atoms with E-state index in [1.54, 1.807) is 30.5 Å². The van der Waals surface area contributed by atoms with Crippen molar-refractivity contribution in [3.63, 3.8) is 0 Å². The first-order chi connectivity index (χ1) is 17.0. The number of rotatable bonds is 5. The molecule has 0 aliphatic carbocycles. The van der Waals surface area contributed by atoms with Crippen molar-refractivity contribution in [2.75, 3.05) is 36.5 Å². The van der Waals surface area contributed by atoms with Crippen molar-refractivity contribution in [3.8, 4) is 0 Å². The van der Waals surface area contributed by atoms with Gasteiger partial charge in [-0.3, -0.25) is 25.0 Å². The van der Waals surface area contributed by atoms with Gasteiger partial charge in [-0.15, -0.1) is 0 Å². The fourth-order valence-electron chi connectivity index (χ4n) is 4.43. The van der Waals surface area contributed by atoms with Crippen molar-refractivity contribution in [2.24, 2.45) is 0 Å². The first kappa shape index (κ1) is 22.8. The molecule has 2 aromatic rings. The number of nitrogens with zero attached hydrogens (tertiary/aromatic N) is 3. The molecule has 0 spiro atoms. The molecule has 2 fully saturated rings. The topological polar surface area (TPSA) is 130 Å². The van der Waals surface area contributed by atoms with Gasteiger partial charge < -0.3 is 19.3 Å². The molecule has 1 aromatic carbocycles. The van der Waals surface area contributed by atoms with E-state index in [4.69, 9.17) is 9.47 Å². The number of anilines is 2. The number of benzene rings is 1. The molecule has 2 saturated heterocycles. The highest BCUT2D eigenvalue weighted by atomic mass is 16.5. The lowest BCUT2D eigenvalue weighted by molar-refractivity contribution is -0.136. The Morgan fingerprint density at radius 2 is 2.00 bits per heavy atom. The highest BCUT2D eigenvalue weighted by Crippen LogP contribution is 2.28.